The fraction of sp³-hybridized carbons (Fsp3) is 0.320. The van der Waals surface area contributed by atoms with Crippen LogP contribution in [-0.4, -0.2) is 133 Å². The van der Waals surface area contributed by atoms with Gasteiger partial charge in [0.1, 0.15) is 60.1 Å². The van der Waals surface area contributed by atoms with Crippen molar-refractivity contribution in [2.24, 2.45) is 0 Å². The predicted molar refractivity (Wildman–Crippen MR) is 266 cm³/mol. The molecule has 0 unspecified atom stereocenters. The lowest BCUT2D eigenvalue weighted by atomic mass is 10.1. The normalized spacial score (nSPS) is 13.3. The SMILES string of the molecule is COc1cc(Br)cnc1C(=O)N(C)C.COc1cc(Nc2cc(-c3ccc(OC4CCOCC4)c(C#N)c3)ncn2)cnc1C(=O)N(C)C.N#Cc1cc(-c2cc(N)ncn2)ccc1OC1CCOCC1. The number of halogens is 1. The number of benzene rings is 2. The molecule has 6 aromatic rings. The highest BCUT2D eigenvalue weighted by molar-refractivity contribution is 9.10. The molecule has 0 spiro atoms. The minimum atomic E-state index is -0.254. The van der Waals surface area contributed by atoms with Crippen LogP contribution in [0.25, 0.3) is 22.5 Å². The van der Waals surface area contributed by atoms with Crippen LogP contribution in [0.15, 0.2) is 90.2 Å². The number of methoxy groups -OCH3 is 2. The Kier molecular flexibility index (Phi) is 18.9. The Morgan fingerprint density at radius 3 is 1.61 bits per heavy atom. The van der Waals surface area contributed by atoms with Gasteiger partial charge in [-0.3, -0.25) is 9.59 Å². The predicted octanol–water partition coefficient (Wildman–Crippen LogP) is 7.13. The Balaban J connectivity index is 0.000000194. The number of hydrogen-bond donors (Lipinski definition) is 2. The van der Waals surface area contributed by atoms with Gasteiger partial charge in [0, 0.05) is 93.9 Å². The number of amides is 2. The summed E-state index contributed by atoms with van der Waals surface area (Å²) in [4.78, 5) is 51.7. The van der Waals surface area contributed by atoms with Gasteiger partial charge in [-0.15, -0.1) is 0 Å². The first-order valence-corrected chi connectivity index (χ1v) is 23.0. The Morgan fingerprint density at radius 2 is 1.13 bits per heavy atom. The molecular formula is C50H53BrN12O8. The molecule has 4 aromatic heterocycles. The van der Waals surface area contributed by atoms with Crippen molar-refractivity contribution in [2.75, 3.05) is 79.9 Å². The van der Waals surface area contributed by atoms with Crippen LogP contribution < -0.4 is 30.0 Å². The maximum absolute atomic E-state index is 12.3. The van der Waals surface area contributed by atoms with Crippen molar-refractivity contribution < 1.29 is 38.0 Å². The second-order valence-corrected chi connectivity index (χ2v) is 17.0. The zero-order valence-electron chi connectivity index (χ0n) is 40.1. The fourth-order valence-corrected chi connectivity index (χ4v) is 7.27. The van der Waals surface area contributed by atoms with Crippen LogP contribution in [0, 0.1) is 22.7 Å². The number of aromatic nitrogens is 6. The van der Waals surface area contributed by atoms with E-state index in [1.807, 2.05) is 18.2 Å². The van der Waals surface area contributed by atoms with E-state index in [0.717, 1.165) is 41.3 Å². The monoisotopic (exact) mass is 1030 g/mol. The second-order valence-electron chi connectivity index (χ2n) is 16.1. The molecule has 2 aliphatic rings. The van der Waals surface area contributed by atoms with Crippen LogP contribution in [0.3, 0.4) is 0 Å². The third-order valence-corrected chi connectivity index (χ3v) is 11.1. The summed E-state index contributed by atoms with van der Waals surface area (Å²) in [5.74, 6) is 2.46. The average Bonchev–Trinajstić information content (AvgIpc) is 3.39. The van der Waals surface area contributed by atoms with Gasteiger partial charge < -0.3 is 49.3 Å². The number of nitrogens with zero attached hydrogens (tertiary/aromatic N) is 10. The summed E-state index contributed by atoms with van der Waals surface area (Å²) >= 11 is 3.26. The smallest absolute Gasteiger partial charge is 0.275 e. The Morgan fingerprint density at radius 1 is 0.648 bits per heavy atom. The van der Waals surface area contributed by atoms with E-state index >= 15 is 0 Å². The summed E-state index contributed by atoms with van der Waals surface area (Å²) < 4.78 is 33.8. The standard InChI is InChI=1S/C25H26N6O4.C16H16N4O2.C9H11BrN2O2/c1-31(2)25(32)24-22(33-3)11-18(14-27-24)30-23-12-20(28-15-29-23)16-4-5-21(17(10-16)13-26)35-19-6-8-34-9-7-19;17-9-12-7-11(14-8-16(18)20-10-19-14)1-2-15(12)22-13-3-5-21-6-4-13;1-12(2)9(13)8-7(14-3)4-6(10)5-11-8/h4-5,10-12,14-15,19H,6-9H2,1-3H3,(H,28,29,30);1-2,7-8,10,13H,3-6H2,(H2,18,19,20);4-5H,1-3H3. The van der Waals surface area contributed by atoms with E-state index in [9.17, 15) is 20.1 Å². The molecular weight excluding hydrogens is 977 g/mol. The molecule has 2 aliphatic heterocycles. The number of anilines is 3. The summed E-state index contributed by atoms with van der Waals surface area (Å²) in [6.07, 6.45) is 9.38. The van der Waals surface area contributed by atoms with Crippen molar-refractivity contribution in [3.05, 3.63) is 113 Å². The summed E-state index contributed by atoms with van der Waals surface area (Å²) in [5, 5.41) is 22.2. The van der Waals surface area contributed by atoms with Gasteiger partial charge in [-0.25, -0.2) is 29.9 Å². The molecule has 21 heteroatoms. The lowest BCUT2D eigenvalue weighted by Gasteiger charge is -2.23. The van der Waals surface area contributed by atoms with Crippen LogP contribution >= 0.6 is 15.9 Å². The summed E-state index contributed by atoms with van der Waals surface area (Å²) in [6, 6.07) is 22.1. The molecule has 0 atom stereocenters. The lowest BCUT2D eigenvalue weighted by molar-refractivity contribution is 0.0252. The van der Waals surface area contributed by atoms with Gasteiger partial charge in [0.15, 0.2) is 22.9 Å². The highest BCUT2D eigenvalue weighted by atomic mass is 79.9. The van der Waals surface area contributed by atoms with Crippen LogP contribution in [0.2, 0.25) is 0 Å². The minimum Gasteiger partial charge on any atom is -0.494 e. The first-order chi connectivity index (χ1) is 34.3. The molecule has 0 saturated carbocycles. The fourth-order valence-electron chi connectivity index (χ4n) is 6.96. The van der Waals surface area contributed by atoms with E-state index in [-0.39, 0.29) is 29.7 Å². The van der Waals surface area contributed by atoms with E-state index in [2.05, 4.69) is 63.3 Å². The molecule has 6 heterocycles. The number of carbonyl (C=O) groups is 2. The van der Waals surface area contributed by atoms with E-state index in [1.165, 1.54) is 42.9 Å². The van der Waals surface area contributed by atoms with Gasteiger partial charge >= 0.3 is 0 Å². The van der Waals surface area contributed by atoms with Crippen molar-refractivity contribution in [1.82, 2.24) is 39.7 Å². The van der Waals surface area contributed by atoms with Crippen molar-refractivity contribution in [3.63, 3.8) is 0 Å². The molecule has 8 rings (SSSR count). The van der Waals surface area contributed by atoms with Gasteiger partial charge in [0.25, 0.3) is 11.8 Å². The first-order valence-electron chi connectivity index (χ1n) is 22.2. The number of carbonyl (C=O) groups excluding carboxylic acids is 2. The van der Waals surface area contributed by atoms with Crippen LogP contribution in [0.4, 0.5) is 17.3 Å². The van der Waals surface area contributed by atoms with E-state index in [1.54, 1.807) is 76.9 Å². The van der Waals surface area contributed by atoms with E-state index in [0.29, 0.717) is 95.0 Å². The Labute approximate surface area is 419 Å². The lowest BCUT2D eigenvalue weighted by Crippen LogP contribution is -2.26. The molecule has 2 aromatic carbocycles. The highest BCUT2D eigenvalue weighted by Gasteiger charge is 2.21. The van der Waals surface area contributed by atoms with Crippen molar-refractivity contribution in [1.29, 1.82) is 10.5 Å². The van der Waals surface area contributed by atoms with Crippen molar-refractivity contribution >= 4 is 45.1 Å². The largest absolute Gasteiger partial charge is 0.494 e. The summed E-state index contributed by atoms with van der Waals surface area (Å²) in [7, 11) is 9.64. The van der Waals surface area contributed by atoms with Crippen molar-refractivity contribution in [3.8, 4) is 57.7 Å². The van der Waals surface area contributed by atoms with Crippen LogP contribution in [0.1, 0.15) is 57.8 Å². The zero-order valence-corrected chi connectivity index (χ0v) is 41.7. The molecule has 71 heavy (non-hydrogen) atoms. The minimum absolute atomic E-state index is 0.0431. The van der Waals surface area contributed by atoms with Gasteiger partial charge in [0.05, 0.1) is 75.0 Å². The third-order valence-electron chi connectivity index (χ3n) is 10.7. The molecule has 2 fully saturated rings. The number of nitrogen functional groups attached to an aromatic ring is 1. The molecule has 2 saturated heterocycles. The average molecular weight is 1030 g/mol. The van der Waals surface area contributed by atoms with Gasteiger partial charge in [-0.1, -0.05) is 0 Å². The third kappa shape index (κ3) is 14.5. The number of pyridine rings is 2. The molecule has 0 aliphatic carbocycles. The quantitative estimate of drug-likeness (QED) is 0.123. The maximum atomic E-state index is 12.3. The Bertz CT molecular complexity index is 2880. The zero-order chi connectivity index (χ0) is 50.9. The topological polar surface area (TPSA) is 259 Å². The molecule has 2 amide bonds. The van der Waals surface area contributed by atoms with Crippen LogP contribution in [0.5, 0.6) is 23.0 Å². The number of nitrogens with one attached hydrogen (secondary N) is 1. The summed E-state index contributed by atoms with van der Waals surface area (Å²) in [6.45, 7) is 2.73. The molecule has 0 radical (unpaired) electrons. The first kappa shape index (κ1) is 52.4. The van der Waals surface area contributed by atoms with Crippen molar-refractivity contribution in [2.45, 2.75) is 37.9 Å². The highest BCUT2D eigenvalue weighted by Crippen LogP contribution is 2.31. The number of ether oxygens (including phenoxy) is 6. The van der Waals surface area contributed by atoms with E-state index in [4.69, 9.17) is 34.2 Å². The van der Waals surface area contributed by atoms with Gasteiger partial charge in [-0.05, 0) is 58.4 Å². The number of hydrogen-bond acceptors (Lipinski definition) is 18. The van der Waals surface area contributed by atoms with Gasteiger partial charge in [0.2, 0.25) is 0 Å². The summed E-state index contributed by atoms with van der Waals surface area (Å²) in [5.41, 5.74) is 10.6. The number of rotatable bonds is 12. The van der Waals surface area contributed by atoms with E-state index < -0.39 is 0 Å². The maximum Gasteiger partial charge on any atom is 0.275 e. The number of nitriles is 2. The molecule has 0 bridgehead atoms. The molecule has 368 valence electrons. The second kappa shape index (κ2) is 25.6. The van der Waals surface area contributed by atoms with Crippen LogP contribution in [-0.2, 0) is 9.47 Å². The molecule has 3 N–H and O–H groups in total. The number of nitrogens with two attached hydrogens (primary N) is 1. The van der Waals surface area contributed by atoms with Gasteiger partial charge in [-0.2, -0.15) is 10.5 Å². The molecule has 20 nitrogen and oxygen atoms in total. The Hall–Kier alpha value is -7.98.